The Hall–Kier alpha value is -1.70. The summed E-state index contributed by atoms with van der Waals surface area (Å²) in [5.74, 6) is -0.432. The van der Waals surface area contributed by atoms with E-state index in [9.17, 15) is 8.78 Å². The zero-order valence-corrected chi connectivity index (χ0v) is 16.1. The predicted octanol–water partition coefficient (Wildman–Crippen LogP) is 3.80. The third kappa shape index (κ3) is 6.43. The minimum absolute atomic E-state index is 0. The molecule has 0 unspecified atom stereocenters. The number of guanidine groups is 1. The van der Waals surface area contributed by atoms with Gasteiger partial charge in [0.25, 0.3) is 0 Å². The summed E-state index contributed by atoms with van der Waals surface area (Å²) >= 11 is 0. The monoisotopic (exact) mass is 445 g/mol. The molecule has 0 aliphatic rings. The van der Waals surface area contributed by atoms with Gasteiger partial charge in [-0.05, 0) is 30.5 Å². The number of nitrogens with one attached hydrogen (secondary N) is 2. The fourth-order valence-corrected chi connectivity index (χ4v) is 2.27. The van der Waals surface area contributed by atoms with E-state index in [0.717, 1.165) is 11.6 Å². The second kappa shape index (κ2) is 10.2. The third-order valence-corrected chi connectivity index (χ3v) is 3.47. The normalized spacial score (nSPS) is 10.9. The van der Waals surface area contributed by atoms with E-state index in [1.54, 1.807) is 7.05 Å². The second-order valence-electron chi connectivity index (χ2n) is 5.33. The molecule has 24 heavy (non-hydrogen) atoms. The van der Waals surface area contributed by atoms with Crippen molar-refractivity contribution in [2.24, 2.45) is 4.99 Å². The van der Waals surface area contributed by atoms with E-state index in [-0.39, 0.29) is 24.0 Å². The summed E-state index contributed by atoms with van der Waals surface area (Å²) in [5.41, 5.74) is 2.85. The number of hydrogen-bond acceptors (Lipinski definition) is 1. The minimum Gasteiger partial charge on any atom is -0.356 e. The summed E-state index contributed by atoms with van der Waals surface area (Å²) in [6.45, 7) is 3.22. The number of rotatable bonds is 5. The molecule has 0 fully saturated rings. The molecular formula is C18H22F2IN3. The van der Waals surface area contributed by atoms with Crippen molar-refractivity contribution in [3.05, 3.63) is 70.8 Å². The molecule has 2 rings (SSSR count). The number of halogens is 3. The highest BCUT2D eigenvalue weighted by atomic mass is 127. The van der Waals surface area contributed by atoms with Crippen molar-refractivity contribution in [2.45, 2.75) is 19.9 Å². The van der Waals surface area contributed by atoms with Crippen LogP contribution in [0.2, 0.25) is 0 Å². The van der Waals surface area contributed by atoms with Crippen molar-refractivity contribution in [3.8, 4) is 0 Å². The van der Waals surface area contributed by atoms with Crippen molar-refractivity contribution in [1.29, 1.82) is 0 Å². The first-order valence-corrected chi connectivity index (χ1v) is 7.52. The topological polar surface area (TPSA) is 36.4 Å². The number of aryl methyl sites for hydroxylation is 1. The largest absolute Gasteiger partial charge is 0.356 e. The minimum atomic E-state index is -0.560. The Balaban J connectivity index is 0.00000288. The molecule has 0 aliphatic heterocycles. The van der Waals surface area contributed by atoms with Gasteiger partial charge in [0.05, 0.1) is 0 Å². The van der Waals surface area contributed by atoms with E-state index in [1.165, 1.54) is 17.7 Å². The van der Waals surface area contributed by atoms with Crippen molar-refractivity contribution in [3.63, 3.8) is 0 Å². The molecule has 0 saturated carbocycles. The molecule has 130 valence electrons. The van der Waals surface area contributed by atoms with Gasteiger partial charge >= 0.3 is 0 Å². The van der Waals surface area contributed by atoms with Crippen LogP contribution < -0.4 is 10.6 Å². The van der Waals surface area contributed by atoms with Crippen molar-refractivity contribution in [2.75, 3.05) is 13.6 Å². The summed E-state index contributed by atoms with van der Waals surface area (Å²) in [4.78, 5) is 4.13. The molecule has 0 aliphatic carbocycles. The highest BCUT2D eigenvalue weighted by molar-refractivity contribution is 14.0. The molecule has 0 bridgehead atoms. The highest BCUT2D eigenvalue weighted by Gasteiger charge is 2.04. The Bertz CT molecular complexity index is 690. The summed E-state index contributed by atoms with van der Waals surface area (Å²) in [5, 5.41) is 6.33. The first-order valence-electron chi connectivity index (χ1n) is 7.52. The Labute approximate surface area is 158 Å². The molecular weight excluding hydrogens is 423 g/mol. The lowest BCUT2D eigenvalue weighted by atomic mass is 10.1. The molecule has 3 nitrogen and oxygen atoms in total. The molecule has 0 saturated heterocycles. The van der Waals surface area contributed by atoms with Crippen LogP contribution in [0.5, 0.6) is 0 Å². The quantitative estimate of drug-likeness (QED) is 0.418. The number of benzene rings is 2. The standard InChI is InChI=1S/C18H21F2N3.HI/c1-13-4-3-5-14(10-13)12-23-18(21-2)22-9-8-15-6-7-16(19)11-17(15)20;/h3-7,10-11H,8-9,12H2,1-2H3,(H2,21,22,23);1H. The molecule has 0 heterocycles. The second-order valence-corrected chi connectivity index (χ2v) is 5.33. The summed E-state index contributed by atoms with van der Waals surface area (Å²) in [6, 6.07) is 11.8. The van der Waals surface area contributed by atoms with Crippen LogP contribution in [-0.4, -0.2) is 19.6 Å². The smallest absolute Gasteiger partial charge is 0.191 e. The Kier molecular flexibility index (Phi) is 8.67. The SMILES string of the molecule is CN=C(NCCc1ccc(F)cc1F)NCc1cccc(C)c1.I. The van der Waals surface area contributed by atoms with Gasteiger partial charge in [0.2, 0.25) is 0 Å². The average Bonchev–Trinajstić information content (AvgIpc) is 2.52. The van der Waals surface area contributed by atoms with E-state index in [0.29, 0.717) is 31.0 Å². The van der Waals surface area contributed by atoms with Crippen LogP contribution in [0, 0.1) is 18.6 Å². The fraction of sp³-hybridized carbons (Fsp3) is 0.278. The van der Waals surface area contributed by atoms with Crippen LogP contribution in [0.1, 0.15) is 16.7 Å². The Morgan fingerprint density at radius 2 is 1.88 bits per heavy atom. The maximum absolute atomic E-state index is 13.6. The van der Waals surface area contributed by atoms with E-state index in [1.807, 2.05) is 25.1 Å². The van der Waals surface area contributed by atoms with Gasteiger partial charge in [-0.1, -0.05) is 35.9 Å². The molecule has 0 spiro atoms. The number of hydrogen-bond donors (Lipinski definition) is 2. The zero-order chi connectivity index (χ0) is 16.7. The molecule has 0 aromatic heterocycles. The zero-order valence-electron chi connectivity index (χ0n) is 13.8. The summed E-state index contributed by atoms with van der Waals surface area (Å²) < 4.78 is 26.4. The van der Waals surface area contributed by atoms with Crippen LogP contribution in [0.25, 0.3) is 0 Å². The van der Waals surface area contributed by atoms with Gasteiger partial charge in [0.1, 0.15) is 11.6 Å². The number of aliphatic imine (C=N–C) groups is 1. The average molecular weight is 445 g/mol. The van der Waals surface area contributed by atoms with E-state index >= 15 is 0 Å². The van der Waals surface area contributed by atoms with Crippen LogP contribution >= 0.6 is 24.0 Å². The third-order valence-electron chi connectivity index (χ3n) is 3.47. The van der Waals surface area contributed by atoms with Crippen molar-refractivity contribution < 1.29 is 8.78 Å². The van der Waals surface area contributed by atoms with Gasteiger partial charge in [-0.15, -0.1) is 24.0 Å². The molecule has 2 aromatic carbocycles. The maximum Gasteiger partial charge on any atom is 0.191 e. The molecule has 0 amide bonds. The van der Waals surface area contributed by atoms with E-state index in [4.69, 9.17) is 0 Å². The summed E-state index contributed by atoms with van der Waals surface area (Å²) in [7, 11) is 1.68. The van der Waals surface area contributed by atoms with Crippen LogP contribution in [-0.2, 0) is 13.0 Å². The lowest BCUT2D eigenvalue weighted by Gasteiger charge is -2.12. The van der Waals surface area contributed by atoms with Gasteiger partial charge in [-0.25, -0.2) is 8.78 Å². The summed E-state index contributed by atoms with van der Waals surface area (Å²) in [6.07, 6.45) is 0.456. The van der Waals surface area contributed by atoms with Gasteiger partial charge in [0.15, 0.2) is 5.96 Å². The maximum atomic E-state index is 13.6. The van der Waals surface area contributed by atoms with Crippen LogP contribution in [0.15, 0.2) is 47.5 Å². The fourth-order valence-electron chi connectivity index (χ4n) is 2.27. The van der Waals surface area contributed by atoms with Crippen LogP contribution in [0.4, 0.5) is 8.78 Å². The highest BCUT2D eigenvalue weighted by Crippen LogP contribution is 2.09. The van der Waals surface area contributed by atoms with Gasteiger partial charge < -0.3 is 10.6 Å². The number of nitrogens with zero attached hydrogens (tertiary/aromatic N) is 1. The van der Waals surface area contributed by atoms with E-state index < -0.39 is 11.6 Å². The van der Waals surface area contributed by atoms with E-state index in [2.05, 4.69) is 21.7 Å². The van der Waals surface area contributed by atoms with Crippen molar-refractivity contribution in [1.82, 2.24) is 10.6 Å². The van der Waals surface area contributed by atoms with Crippen LogP contribution in [0.3, 0.4) is 0 Å². The molecule has 2 aromatic rings. The molecule has 0 atom stereocenters. The Morgan fingerprint density at radius 3 is 2.54 bits per heavy atom. The molecule has 6 heteroatoms. The molecule has 0 radical (unpaired) electrons. The van der Waals surface area contributed by atoms with Gasteiger partial charge in [-0.3, -0.25) is 4.99 Å². The first kappa shape index (κ1) is 20.3. The lowest BCUT2D eigenvalue weighted by Crippen LogP contribution is -2.37. The molecule has 2 N–H and O–H groups in total. The lowest BCUT2D eigenvalue weighted by molar-refractivity contribution is 0.570. The first-order chi connectivity index (χ1) is 11.1. The Morgan fingerprint density at radius 1 is 1.08 bits per heavy atom. The van der Waals surface area contributed by atoms with Gasteiger partial charge in [0, 0.05) is 26.2 Å². The van der Waals surface area contributed by atoms with Crippen molar-refractivity contribution >= 4 is 29.9 Å². The van der Waals surface area contributed by atoms with Gasteiger partial charge in [-0.2, -0.15) is 0 Å². The predicted molar refractivity (Wildman–Crippen MR) is 105 cm³/mol.